The van der Waals surface area contributed by atoms with E-state index < -0.39 is 6.04 Å². The molecule has 0 aliphatic carbocycles. The standard InChI is InChI=1S/C24H26ClN5O2S/c1-4-14-33-24-28-23-26-15(3)20(21(30(23)29-24)16-10-12-17(25)13-11-16)22(31)27-18-8-6-7-9-19(18)32-5-2/h6-13,21H,4-5,14H2,1-3H3,(H,27,31)(H,26,28,29). The molecule has 7 nitrogen and oxygen atoms in total. The minimum absolute atomic E-state index is 0.240. The number of hydrogen-bond acceptors (Lipinski definition) is 6. The number of allylic oxidation sites excluding steroid dienone is 1. The van der Waals surface area contributed by atoms with Gasteiger partial charge in [-0.25, -0.2) is 4.68 Å². The maximum atomic E-state index is 13.6. The van der Waals surface area contributed by atoms with Gasteiger partial charge in [-0.1, -0.05) is 54.6 Å². The predicted octanol–water partition coefficient (Wildman–Crippen LogP) is 5.76. The van der Waals surface area contributed by atoms with Crippen LogP contribution >= 0.6 is 23.4 Å². The third-order valence-electron chi connectivity index (χ3n) is 5.13. The number of rotatable bonds is 8. The summed E-state index contributed by atoms with van der Waals surface area (Å²) in [5.41, 5.74) is 2.77. The van der Waals surface area contributed by atoms with Gasteiger partial charge in [0.15, 0.2) is 0 Å². The zero-order chi connectivity index (χ0) is 23.4. The van der Waals surface area contributed by atoms with E-state index >= 15 is 0 Å². The van der Waals surface area contributed by atoms with E-state index in [9.17, 15) is 4.79 Å². The van der Waals surface area contributed by atoms with Gasteiger partial charge in [-0.2, -0.15) is 4.98 Å². The highest BCUT2D eigenvalue weighted by Gasteiger charge is 2.34. The average molecular weight is 484 g/mol. The Hall–Kier alpha value is -2.97. The van der Waals surface area contributed by atoms with Gasteiger partial charge in [-0.05, 0) is 50.1 Å². The van der Waals surface area contributed by atoms with Crippen molar-refractivity contribution in [2.75, 3.05) is 23.0 Å². The number of thioether (sulfide) groups is 1. The highest BCUT2D eigenvalue weighted by molar-refractivity contribution is 7.99. The first-order chi connectivity index (χ1) is 16.0. The van der Waals surface area contributed by atoms with Gasteiger partial charge in [0, 0.05) is 16.5 Å². The Morgan fingerprint density at radius 1 is 1.21 bits per heavy atom. The summed E-state index contributed by atoms with van der Waals surface area (Å²) in [6.07, 6.45) is 1.02. The highest BCUT2D eigenvalue weighted by Crippen LogP contribution is 2.37. The number of amides is 1. The fourth-order valence-electron chi connectivity index (χ4n) is 3.67. The van der Waals surface area contributed by atoms with Gasteiger partial charge in [-0.15, -0.1) is 5.10 Å². The molecule has 0 saturated heterocycles. The molecule has 2 N–H and O–H groups in total. The normalized spacial score (nSPS) is 15.1. The predicted molar refractivity (Wildman–Crippen MR) is 133 cm³/mol. The molecule has 1 atom stereocenters. The van der Waals surface area contributed by atoms with Crippen molar-refractivity contribution in [3.8, 4) is 5.75 Å². The van der Waals surface area contributed by atoms with Crippen LogP contribution in [0.2, 0.25) is 5.02 Å². The van der Waals surface area contributed by atoms with Gasteiger partial charge < -0.3 is 15.4 Å². The lowest BCUT2D eigenvalue weighted by Crippen LogP contribution is -2.31. The van der Waals surface area contributed by atoms with Crippen molar-refractivity contribution < 1.29 is 9.53 Å². The van der Waals surface area contributed by atoms with Crippen molar-refractivity contribution in [2.45, 2.75) is 38.4 Å². The molecule has 4 rings (SSSR count). The Morgan fingerprint density at radius 2 is 1.97 bits per heavy atom. The number of ether oxygens (including phenoxy) is 1. The maximum absolute atomic E-state index is 13.6. The first-order valence-electron chi connectivity index (χ1n) is 10.9. The summed E-state index contributed by atoms with van der Waals surface area (Å²) < 4.78 is 7.46. The van der Waals surface area contributed by atoms with E-state index in [-0.39, 0.29) is 5.91 Å². The van der Waals surface area contributed by atoms with Crippen molar-refractivity contribution in [2.24, 2.45) is 0 Å². The van der Waals surface area contributed by atoms with Crippen molar-refractivity contribution >= 4 is 40.9 Å². The van der Waals surface area contributed by atoms with Gasteiger partial charge in [0.1, 0.15) is 11.8 Å². The molecular formula is C24H26ClN5O2S. The van der Waals surface area contributed by atoms with Crippen LogP contribution < -0.4 is 15.4 Å². The minimum Gasteiger partial charge on any atom is -0.492 e. The summed E-state index contributed by atoms with van der Waals surface area (Å²) >= 11 is 7.73. The molecule has 1 aliphatic rings. The topological polar surface area (TPSA) is 81.1 Å². The average Bonchev–Trinajstić information content (AvgIpc) is 3.21. The largest absolute Gasteiger partial charge is 0.492 e. The number of aromatic nitrogens is 3. The number of benzene rings is 2. The van der Waals surface area contributed by atoms with Crippen LogP contribution in [0.5, 0.6) is 5.75 Å². The molecule has 0 spiro atoms. The van der Waals surface area contributed by atoms with E-state index in [4.69, 9.17) is 21.4 Å². The Bertz CT molecular complexity index is 1180. The maximum Gasteiger partial charge on any atom is 0.255 e. The van der Waals surface area contributed by atoms with Crippen molar-refractivity contribution in [3.63, 3.8) is 0 Å². The molecule has 3 aromatic rings. The summed E-state index contributed by atoms with van der Waals surface area (Å²) in [5, 5.41) is 12.3. The number of anilines is 2. The van der Waals surface area contributed by atoms with Crippen LogP contribution in [0.4, 0.5) is 11.6 Å². The number of fused-ring (bicyclic) bond motifs is 1. The molecule has 9 heteroatoms. The molecule has 0 radical (unpaired) electrons. The molecule has 1 unspecified atom stereocenters. The number of nitrogens with one attached hydrogen (secondary N) is 2. The third kappa shape index (κ3) is 5.02. The quantitative estimate of drug-likeness (QED) is 0.396. The van der Waals surface area contributed by atoms with E-state index in [0.29, 0.717) is 45.4 Å². The Morgan fingerprint density at radius 3 is 2.70 bits per heavy atom. The van der Waals surface area contributed by atoms with E-state index in [2.05, 4.69) is 22.5 Å². The Balaban J connectivity index is 1.74. The number of carbonyl (C=O) groups is 1. The second-order valence-corrected chi connectivity index (χ2v) is 9.01. The van der Waals surface area contributed by atoms with Crippen molar-refractivity contribution in [3.05, 3.63) is 70.4 Å². The molecule has 0 bridgehead atoms. The number of carbonyl (C=O) groups excluding carboxylic acids is 1. The number of para-hydroxylation sites is 2. The zero-order valence-corrected chi connectivity index (χ0v) is 20.3. The van der Waals surface area contributed by atoms with E-state index in [1.807, 2.05) is 62.4 Å². The smallest absolute Gasteiger partial charge is 0.255 e. The van der Waals surface area contributed by atoms with Crippen LogP contribution in [0, 0.1) is 0 Å². The molecule has 2 aromatic carbocycles. The van der Waals surface area contributed by atoms with Crippen molar-refractivity contribution in [1.29, 1.82) is 0 Å². The second kappa shape index (κ2) is 10.3. The molecule has 2 heterocycles. The number of hydrogen-bond donors (Lipinski definition) is 2. The van der Waals surface area contributed by atoms with Crippen LogP contribution in [0.25, 0.3) is 0 Å². The first kappa shape index (κ1) is 23.2. The fraction of sp³-hybridized carbons (Fsp3) is 0.292. The van der Waals surface area contributed by atoms with Crippen LogP contribution in [0.15, 0.2) is 65.0 Å². The molecule has 172 valence electrons. The molecule has 1 amide bonds. The molecule has 1 aliphatic heterocycles. The summed E-state index contributed by atoms with van der Waals surface area (Å²) in [4.78, 5) is 18.3. The van der Waals surface area contributed by atoms with Gasteiger partial charge in [0.2, 0.25) is 11.1 Å². The molecule has 0 saturated carbocycles. The molecular weight excluding hydrogens is 458 g/mol. The zero-order valence-electron chi connectivity index (χ0n) is 18.8. The molecule has 1 aromatic heterocycles. The Kier molecular flexibility index (Phi) is 7.25. The number of nitrogens with zero attached hydrogens (tertiary/aromatic N) is 3. The van der Waals surface area contributed by atoms with Gasteiger partial charge >= 0.3 is 0 Å². The van der Waals surface area contributed by atoms with Gasteiger partial charge in [0.25, 0.3) is 5.91 Å². The lowest BCUT2D eigenvalue weighted by molar-refractivity contribution is -0.113. The van der Waals surface area contributed by atoms with Gasteiger partial charge in [-0.3, -0.25) is 4.79 Å². The monoisotopic (exact) mass is 483 g/mol. The fourth-order valence-corrected chi connectivity index (χ4v) is 4.48. The first-order valence-corrected chi connectivity index (χ1v) is 12.2. The van der Waals surface area contributed by atoms with Crippen LogP contribution in [0.3, 0.4) is 0 Å². The van der Waals surface area contributed by atoms with Crippen LogP contribution in [0.1, 0.15) is 38.8 Å². The third-order valence-corrected chi connectivity index (χ3v) is 6.43. The van der Waals surface area contributed by atoms with E-state index in [1.165, 1.54) is 0 Å². The minimum atomic E-state index is -0.457. The number of halogens is 1. The van der Waals surface area contributed by atoms with E-state index in [0.717, 1.165) is 17.7 Å². The van der Waals surface area contributed by atoms with Crippen molar-refractivity contribution in [1.82, 2.24) is 14.8 Å². The summed E-state index contributed by atoms with van der Waals surface area (Å²) in [5.74, 6) is 1.91. The summed E-state index contributed by atoms with van der Waals surface area (Å²) in [6.45, 7) is 6.41. The SMILES string of the molecule is CCCSc1nc2n(n1)C(c1ccc(Cl)cc1)C(C(=O)Nc1ccccc1OCC)=C(C)N2. The Labute approximate surface area is 202 Å². The van der Waals surface area contributed by atoms with E-state index in [1.54, 1.807) is 16.4 Å². The van der Waals surface area contributed by atoms with Crippen LogP contribution in [-0.4, -0.2) is 33.0 Å². The summed E-state index contributed by atoms with van der Waals surface area (Å²) in [6, 6.07) is 14.4. The van der Waals surface area contributed by atoms with Crippen LogP contribution in [-0.2, 0) is 4.79 Å². The van der Waals surface area contributed by atoms with Gasteiger partial charge in [0.05, 0.1) is 17.9 Å². The summed E-state index contributed by atoms with van der Waals surface area (Å²) in [7, 11) is 0. The molecule has 33 heavy (non-hydrogen) atoms. The molecule has 0 fully saturated rings. The highest BCUT2D eigenvalue weighted by atomic mass is 35.5. The lowest BCUT2D eigenvalue weighted by Gasteiger charge is -2.28. The lowest BCUT2D eigenvalue weighted by atomic mass is 9.95. The second-order valence-electron chi connectivity index (χ2n) is 7.51.